The van der Waals surface area contributed by atoms with Crippen LogP contribution in [-0.4, -0.2) is 43.8 Å². The van der Waals surface area contributed by atoms with Gasteiger partial charge in [0.25, 0.3) is 0 Å². The summed E-state index contributed by atoms with van der Waals surface area (Å²) < 4.78 is 31.0. The molecule has 44 heavy (non-hydrogen) atoms. The molecule has 0 N–H and O–H groups in total. The molecule has 1 fully saturated rings. The molecule has 7 nitrogen and oxygen atoms in total. The third-order valence-electron chi connectivity index (χ3n) is 8.50. The number of pyridine rings is 1. The molecule has 0 aliphatic carbocycles. The summed E-state index contributed by atoms with van der Waals surface area (Å²) in [7, 11) is 1.75. The quantitative estimate of drug-likeness (QED) is 0.198. The van der Waals surface area contributed by atoms with Crippen LogP contribution in [0.2, 0.25) is 0 Å². The van der Waals surface area contributed by atoms with Gasteiger partial charge in [0.1, 0.15) is 25.1 Å². The summed E-state index contributed by atoms with van der Waals surface area (Å²) in [6.45, 7) is 8.24. The fourth-order valence-corrected chi connectivity index (χ4v) is 5.94. The third-order valence-corrected chi connectivity index (χ3v) is 8.50. The first-order valence-electron chi connectivity index (χ1n) is 15.1. The molecule has 0 saturated carbocycles. The molecular formula is C36H39FN4O3. The number of aryl methyl sites for hydroxylation is 1. The molecular weight excluding hydrogens is 555 g/mol. The molecule has 1 saturated heterocycles. The average Bonchev–Trinajstić information content (AvgIpc) is 3.28. The number of imidazole rings is 1. The van der Waals surface area contributed by atoms with Crippen molar-refractivity contribution in [1.82, 2.24) is 19.0 Å². The van der Waals surface area contributed by atoms with Gasteiger partial charge in [0.15, 0.2) is 0 Å². The maximum absolute atomic E-state index is 15.5. The summed E-state index contributed by atoms with van der Waals surface area (Å²) >= 11 is 0. The number of ether oxygens (including phenoxy) is 2. The highest BCUT2D eigenvalue weighted by atomic mass is 19.1. The smallest absolute Gasteiger partial charge is 0.333 e. The second kappa shape index (κ2) is 12.3. The molecule has 3 heterocycles. The minimum absolute atomic E-state index is 0.0726. The van der Waals surface area contributed by atoms with E-state index in [0.29, 0.717) is 30.2 Å². The van der Waals surface area contributed by atoms with E-state index in [1.807, 2.05) is 84.9 Å². The molecule has 3 aromatic carbocycles. The normalized spacial score (nSPS) is 17.6. The molecule has 2 atom stereocenters. The van der Waals surface area contributed by atoms with Gasteiger partial charge in [0.2, 0.25) is 11.8 Å². The number of alkyl halides is 1. The van der Waals surface area contributed by atoms with E-state index < -0.39 is 6.17 Å². The van der Waals surface area contributed by atoms with E-state index in [1.54, 1.807) is 22.2 Å². The van der Waals surface area contributed by atoms with Gasteiger partial charge in [-0.3, -0.25) is 14.0 Å². The number of aromatic nitrogens is 3. The Morgan fingerprint density at radius 2 is 1.52 bits per heavy atom. The minimum atomic E-state index is -0.981. The van der Waals surface area contributed by atoms with E-state index in [2.05, 4.69) is 25.7 Å². The third kappa shape index (κ3) is 6.13. The van der Waals surface area contributed by atoms with E-state index in [0.717, 1.165) is 35.2 Å². The number of hydrogen-bond donors (Lipinski definition) is 0. The van der Waals surface area contributed by atoms with Crippen molar-refractivity contribution in [2.45, 2.75) is 58.0 Å². The molecule has 0 radical (unpaired) electrons. The first-order chi connectivity index (χ1) is 21.2. The van der Waals surface area contributed by atoms with Crippen molar-refractivity contribution in [1.29, 1.82) is 0 Å². The van der Waals surface area contributed by atoms with Crippen molar-refractivity contribution in [3.05, 3.63) is 118 Å². The molecule has 6 rings (SSSR count). The molecule has 0 bridgehead atoms. The van der Waals surface area contributed by atoms with Gasteiger partial charge in [-0.25, -0.2) is 9.18 Å². The van der Waals surface area contributed by atoms with Crippen molar-refractivity contribution >= 4 is 11.0 Å². The maximum atomic E-state index is 15.5. The molecule has 2 aromatic heterocycles. The summed E-state index contributed by atoms with van der Waals surface area (Å²) in [4.78, 5) is 20.6. The Morgan fingerprint density at radius 1 is 0.864 bits per heavy atom. The Morgan fingerprint density at radius 3 is 2.16 bits per heavy atom. The highest BCUT2D eigenvalue weighted by Crippen LogP contribution is 2.35. The van der Waals surface area contributed by atoms with Crippen molar-refractivity contribution in [3.8, 4) is 17.4 Å². The SMILES string of the molecule is Cn1c(=O)n(-c2ccc(OCc3ccccc3)nc2OCc2ccccc2)c2ccc(C3CCN(C(C)(C)C)CC3F)cc21. The van der Waals surface area contributed by atoms with Crippen LogP contribution in [0.1, 0.15) is 49.8 Å². The predicted molar refractivity (Wildman–Crippen MR) is 171 cm³/mol. The van der Waals surface area contributed by atoms with Crippen molar-refractivity contribution in [2.75, 3.05) is 13.1 Å². The van der Waals surface area contributed by atoms with Gasteiger partial charge in [-0.15, -0.1) is 0 Å². The average molecular weight is 595 g/mol. The number of benzene rings is 3. The summed E-state index contributed by atoms with van der Waals surface area (Å²) in [6, 6.07) is 29.1. The van der Waals surface area contributed by atoms with E-state index in [9.17, 15) is 4.79 Å². The second-order valence-corrected chi connectivity index (χ2v) is 12.5. The second-order valence-electron chi connectivity index (χ2n) is 12.5. The van der Waals surface area contributed by atoms with Crippen LogP contribution in [-0.2, 0) is 20.3 Å². The largest absolute Gasteiger partial charge is 0.473 e. The lowest BCUT2D eigenvalue weighted by Gasteiger charge is -2.42. The number of fused-ring (bicyclic) bond motifs is 1. The summed E-state index contributed by atoms with van der Waals surface area (Å²) in [6.07, 6.45) is -0.255. The lowest BCUT2D eigenvalue weighted by molar-refractivity contribution is 0.0495. The maximum Gasteiger partial charge on any atom is 0.333 e. The number of hydrogen-bond acceptors (Lipinski definition) is 5. The molecule has 0 amide bonds. The summed E-state index contributed by atoms with van der Waals surface area (Å²) in [5.41, 5.74) is 4.55. The fourth-order valence-electron chi connectivity index (χ4n) is 5.94. The van der Waals surface area contributed by atoms with Gasteiger partial charge in [0.05, 0.1) is 11.0 Å². The van der Waals surface area contributed by atoms with Crippen LogP contribution in [0.15, 0.2) is 95.8 Å². The van der Waals surface area contributed by atoms with Gasteiger partial charge in [-0.2, -0.15) is 4.98 Å². The molecule has 8 heteroatoms. The Balaban J connectivity index is 1.34. The molecule has 5 aromatic rings. The van der Waals surface area contributed by atoms with Crippen molar-refractivity contribution in [2.24, 2.45) is 7.05 Å². The minimum Gasteiger partial charge on any atom is -0.473 e. The highest BCUT2D eigenvalue weighted by Gasteiger charge is 2.35. The van der Waals surface area contributed by atoms with E-state index in [4.69, 9.17) is 14.5 Å². The monoisotopic (exact) mass is 594 g/mol. The first kappa shape index (κ1) is 29.6. The number of piperidine rings is 1. The van der Waals surface area contributed by atoms with Gasteiger partial charge in [-0.05, 0) is 68.6 Å². The topological polar surface area (TPSA) is 61.5 Å². The van der Waals surface area contributed by atoms with E-state index in [1.165, 1.54) is 0 Å². The zero-order chi connectivity index (χ0) is 30.8. The van der Waals surface area contributed by atoms with Crippen LogP contribution in [0.25, 0.3) is 16.7 Å². The number of nitrogens with zero attached hydrogens (tertiary/aromatic N) is 4. The van der Waals surface area contributed by atoms with Gasteiger partial charge in [-0.1, -0.05) is 66.7 Å². The number of halogens is 1. The van der Waals surface area contributed by atoms with Crippen LogP contribution in [0, 0.1) is 0 Å². The standard InChI is InChI=1S/C36H39FN4O3/c1-36(2,3)40-20-19-28(29(37)22-40)27-15-16-30-32(21-27)39(4)35(42)41(30)31-17-18-33(43-23-25-11-7-5-8-12-25)38-34(31)44-24-26-13-9-6-10-14-26/h5-18,21,28-29H,19-20,22-24H2,1-4H3. The molecule has 0 spiro atoms. The van der Waals surface area contributed by atoms with Crippen molar-refractivity contribution < 1.29 is 13.9 Å². The van der Waals surface area contributed by atoms with Crippen LogP contribution in [0.5, 0.6) is 11.8 Å². The first-order valence-corrected chi connectivity index (χ1v) is 15.1. The van der Waals surface area contributed by atoms with Crippen LogP contribution < -0.4 is 15.2 Å². The molecule has 1 aliphatic rings. The summed E-state index contributed by atoms with van der Waals surface area (Å²) in [5, 5.41) is 0. The fraction of sp³-hybridized carbons (Fsp3) is 0.333. The summed E-state index contributed by atoms with van der Waals surface area (Å²) in [5.74, 6) is 0.465. The Bertz CT molecular complexity index is 1790. The molecule has 2 unspecified atom stereocenters. The lowest BCUT2D eigenvalue weighted by atomic mass is 9.86. The van der Waals surface area contributed by atoms with Gasteiger partial charge in [0, 0.05) is 31.1 Å². The lowest BCUT2D eigenvalue weighted by Crippen LogP contribution is -2.50. The Labute approximate surface area is 257 Å². The molecule has 228 valence electrons. The number of likely N-dealkylation sites (tertiary alicyclic amines) is 1. The number of rotatable bonds is 8. The molecule has 1 aliphatic heterocycles. The van der Waals surface area contributed by atoms with Crippen LogP contribution >= 0.6 is 0 Å². The highest BCUT2D eigenvalue weighted by molar-refractivity contribution is 5.79. The Hall–Kier alpha value is -4.43. The Kier molecular flexibility index (Phi) is 8.27. The zero-order valence-electron chi connectivity index (χ0n) is 25.7. The van der Waals surface area contributed by atoms with Crippen molar-refractivity contribution in [3.63, 3.8) is 0 Å². The zero-order valence-corrected chi connectivity index (χ0v) is 25.7. The van der Waals surface area contributed by atoms with Gasteiger partial charge < -0.3 is 9.47 Å². The van der Waals surface area contributed by atoms with Crippen LogP contribution in [0.3, 0.4) is 0 Å². The van der Waals surface area contributed by atoms with E-state index >= 15 is 4.39 Å². The van der Waals surface area contributed by atoms with Gasteiger partial charge >= 0.3 is 5.69 Å². The predicted octanol–water partition coefficient (Wildman–Crippen LogP) is 6.81. The van der Waals surface area contributed by atoms with E-state index in [-0.39, 0.29) is 29.6 Å². The van der Waals surface area contributed by atoms with Crippen LogP contribution in [0.4, 0.5) is 4.39 Å².